The van der Waals surface area contributed by atoms with Gasteiger partial charge in [-0.3, -0.25) is 4.79 Å². The van der Waals surface area contributed by atoms with Gasteiger partial charge in [0.25, 0.3) is 5.91 Å². The van der Waals surface area contributed by atoms with Crippen LogP contribution < -0.4 is 10.6 Å². The third kappa shape index (κ3) is 1.91. The Bertz CT molecular complexity index is 681. The van der Waals surface area contributed by atoms with Crippen LogP contribution in [-0.2, 0) is 0 Å². The van der Waals surface area contributed by atoms with Crippen LogP contribution >= 0.6 is 11.6 Å². The van der Waals surface area contributed by atoms with E-state index < -0.39 is 0 Å². The molecule has 0 radical (unpaired) electrons. The Balaban J connectivity index is 1.56. The molecule has 2 N–H and O–H groups in total. The molecule has 0 saturated carbocycles. The first-order chi connectivity index (χ1) is 9.70. The number of fused-ring (bicyclic) bond motifs is 3. The zero-order valence-electron chi connectivity index (χ0n) is 11.0. The van der Waals surface area contributed by atoms with Crippen LogP contribution in [0.1, 0.15) is 29.6 Å². The summed E-state index contributed by atoms with van der Waals surface area (Å²) in [5, 5.41) is 7.29. The summed E-state index contributed by atoms with van der Waals surface area (Å²) in [6, 6.07) is 8.83. The zero-order chi connectivity index (χ0) is 13.7. The molecule has 4 rings (SSSR count). The summed E-state index contributed by atoms with van der Waals surface area (Å²) in [5.41, 5.74) is 1.64. The highest BCUT2D eigenvalue weighted by Crippen LogP contribution is 2.28. The molecule has 2 saturated heterocycles. The highest BCUT2D eigenvalue weighted by atomic mass is 35.5. The van der Waals surface area contributed by atoms with Gasteiger partial charge in [0.2, 0.25) is 0 Å². The van der Waals surface area contributed by atoms with E-state index in [4.69, 9.17) is 11.6 Å². The summed E-state index contributed by atoms with van der Waals surface area (Å²) < 4.78 is 1.83. The number of carbonyl (C=O) groups excluding carboxylic acids is 1. The van der Waals surface area contributed by atoms with E-state index >= 15 is 0 Å². The van der Waals surface area contributed by atoms with Crippen molar-refractivity contribution < 1.29 is 4.79 Å². The Labute approximate surface area is 122 Å². The number of amides is 1. The number of nitrogens with zero attached hydrogens (tertiary/aromatic N) is 1. The molecule has 4 nitrogen and oxygen atoms in total. The van der Waals surface area contributed by atoms with E-state index in [0.717, 1.165) is 18.4 Å². The van der Waals surface area contributed by atoms with Gasteiger partial charge in [-0.2, -0.15) is 0 Å². The summed E-state index contributed by atoms with van der Waals surface area (Å²) in [7, 11) is 0. The van der Waals surface area contributed by atoms with Crippen LogP contribution in [0.4, 0.5) is 0 Å². The average Bonchev–Trinajstić information content (AvgIpc) is 3.15. The van der Waals surface area contributed by atoms with Crippen molar-refractivity contribution in [3.8, 4) is 0 Å². The van der Waals surface area contributed by atoms with E-state index in [1.807, 2.05) is 28.7 Å². The highest BCUT2D eigenvalue weighted by molar-refractivity contribution is 6.30. The van der Waals surface area contributed by atoms with Gasteiger partial charge >= 0.3 is 0 Å². The van der Waals surface area contributed by atoms with Gasteiger partial charge in [-0.1, -0.05) is 11.6 Å². The maximum atomic E-state index is 12.4. The quantitative estimate of drug-likeness (QED) is 0.890. The van der Waals surface area contributed by atoms with Gasteiger partial charge in [0.1, 0.15) is 5.15 Å². The second kappa shape index (κ2) is 4.50. The fraction of sp³-hybridized carbons (Fsp3) is 0.400. The third-order valence-corrected chi connectivity index (χ3v) is 4.79. The fourth-order valence-corrected chi connectivity index (χ4v) is 3.65. The van der Waals surface area contributed by atoms with Crippen LogP contribution in [0.25, 0.3) is 5.52 Å². The number of hydrogen-bond donors (Lipinski definition) is 2. The van der Waals surface area contributed by atoms with Gasteiger partial charge in [0, 0.05) is 29.8 Å². The predicted molar refractivity (Wildman–Crippen MR) is 78.2 cm³/mol. The minimum absolute atomic E-state index is 0.0176. The van der Waals surface area contributed by atoms with Crippen LogP contribution in [0.5, 0.6) is 0 Å². The van der Waals surface area contributed by atoms with Gasteiger partial charge < -0.3 is 15.0 Å². The Morgan fingerprint density at radius 2 is 2.15 bits per heavy atom. The predicted octanol–water partition coefficient (Wildman–Crippen LogP) is 2.22. The summed E-state index contributed by atoms with van der Waals surface area (Å²) in [4.78, 5) is 12.4. The smallest absolute Gasteiger partial charge is 0.253 e. The summed E-state index contributed by atoms with van der Waals surface area (Å²) in [6.45, 7) is 0. The lowest BCUT2D eigenvalue weighted by Crippen LogP contribution is -2.42. The van der Waals surface area contributed by atoms with Gasteiger partial charge in [0.05, 0.1) is 5.56 Å². The van der Waals surface area contributed by atoms with Crippen molar-refractivity contribution in [2.45, 2.75) is 37.4 Å². The molecule has 2 aliphatic heterocycles. The molecule has 2 aliphatic rings. The number of aromatic nitrogens is 1. The molecule has 104 valence electrons. The summed E-state index contributed by atoms with van der Waals surface area (Å²) >= 11 is 6.09. The van der Waals surface area contributed by atoms with Crippen molar-refractivity contribution in [1.82, 2.24) is 15.0 Å². The van der Waals surface area contributed by atoms with Crippen LogP contribution in [0.2, 0.25) is 5.15 Å². The van der Waals surface area contributed by atoms with Gasteiger partial charge in [-0.15, -0.1) is 0 Å². The SMILES string of the molecule is O=C(N[C@@H]1C[C@H]2CC[C@@H]1N2)c1ccc2ccc(Cl)n2c1. The number of halogens is 1. The molecule has 2 aromatic rings. The van der Waals surface area contributed by atoms with Crippen LogP contribution in [0.3, 0.4) is 0 Å². The van der Waals surface area contributed by atoms with Gasteiger partial charge in [-0.25, -0.2) is 0 Å². The number of pyridine rings is 1. The Morgan fingerprint density at radius 3 is 2.90 bits per heavy atom. The van der Waals surface area contributed by atoms with Crippen molar-refractivity contribution in [2.75, 3.05) is 0 Å². The number of hydrogen-bond acceptors (Lipinski definition) is 2. The third-order valence-electron chi connectivity index (χ3n) is 4.48. The van der Waals surface area contributed by atoms with Crippen molar-refractivity contribution in [1.29, 1.82) is 0 Å². The van der Waals surface area contributed by atoms with E-state index in [1.54, 1.807) is 6.20 Å². The molecule has 0 aromatic carbocycles. The second-order valence-corrected chi connectivity index (χ2v) is 6.12. The molecular formula is C15H16ClN3O. The van der Waals surface area contributed by atoms with Crippen molar-refractivity contribution in [3.05, 3.63) is 41.2 Å². The first-order valence-electron chi connectivity index (χ1n) is 7.04. The normalized spacial score (nSPS) is 28.1. The fourth-order valence-electron chi connectivity index (χ4n) is 3.44. The number of carbonyl (C=O) groups is 1. The molecule has 1 amide bonds. The molecule has 3 atom stereocenters. The largest absolute Gasteiger partial charge is 0.348 e. The van der Waals surface area contributed by atoms with E-state index in [1.165, 1.54) is 6.42 Å². The molecule has 20 heavy (non-hydrogen) atoms. The minimum Gasteiger partial charge on any atom is -0.348 e. The van der Waals surface area contributed by atoms with E-state index in [0.29, 0.717) is 22.8 Å². The maximum absolute atomic E-state index is 12.4. The van der Waals surface area contributed by atoms with E-state index in [9.17, 15) is 4.79 Å². The van der Waals surface area contributed by atoms with Crippen molar-refractivity contribution in [2.24, 2.45) is 0 Å². The van der Waals surface area contributed by atoms with Crippen LogP contribution in [-0.4, -0.2) is 28.4 Å². The maximum Gasteiger partial charge on any atom is 0.253 e. The molecule has 2 fully saturated rings. The Morgan fingerprint density at radius 1 is 1.30 bits per heavy atom. The molecule has 2 aromatic heterocycles. The molecule has 0 aliphatic carbocycles. The average molecular weight is 290 g/mol. The summed E-state index contributed by atoms with van der Waals surface area (Å²) in [5.74, 6) is -0.0176. The van der Waals surface area contributed by atoms with Gasteiger partial charge in [0.15, 0.2) is 0 Å². The molecule has 4 heterocycles. The second-order valence-electron chi connectivity index (χ2n) is 5.73. The number of rotatable bonds is 2. The van der Waals surface area contributed by atoms with Gasteiger partial charge in [-0.05, 0) is 43.5 Å². The Kier molecular flexibility index (Phi) is 2.75. The van der Waals surface area contributed by atoms with E-state index in [-0.39, 0.29) is 11.9 Å². The molecule has 2 bridgehead atoms. The first kappa shape index (κ1) is 12.2. The van der Waals surface area contributed by atoms with E-state index in [2.05, 4.69) is 10.6 Å². The molecular weight excluding hydrogens is 274 g/mol. The van der Waals surface area contributed by atoms with Crippen LogP contribution in [0.15, 0.2) is 30.5 Å². The van der Waals surface area contributed by atoms with Crippen molar-refractivity contribution >= 4 is 23.0 Å². The van der Waals surface area contributed by atoms with Crippen molar-refractivity contribution in [3.63, 3.8) is 0 Å². The number of nitrogens with one attached hydrogen (secondary N) is 2. The lowest BCUT2D eigenvalue weighted by molar-refractivity contribution is 0.0930. The summed E-state index contributed by atoms with van der Waals surface area (Å²) in [6.07, 6.45) is 5.25. The Hall–Kier alpha value is -1.52. The zero-order valence-corrected chi connectivity index (χ0v) is 11.7. The standard InChI is InChI=1S/C15H16ClN3O/c16-14-6-4-11-3-1-9(8-19(11)14)15(20)18-13-7-10-2-5-12(13)17-10/h1,3-4,6,8,10,12-13,17H,2,5,7H2,(H,18,20)/t10-,12+,13-/m1/s1. The molecule has 0 unspecified atom stereocenters. The van der Waals surface area contributed by atoms with Crippen LogP contribution in [0, 0.1) is 0 Å². The monoisotopic (exact) mass is 289 g/mol. The lowest BCUT2D eigenvalue weighted by Gasteiger charge is -2.21. The minimum atomic E-state index is -0.0176. The topological polar surface area (TPSA) is 45.5 Å². The molecule has 0 spiro atoms. The molecule has 5 heteroatoms. The lowest BCUT2D eigenvalue weighted by atomic mass is 9.95. The highest BCUT2D eigenvalue weighted by Gasteiger charge is 2.39. The first-order valence-corrected chi connectivity index (χ1v) is 7.42.